The topological polar surface area (TPSA) is 34.2 Å². The number of nitrogens with one attached hydrogen (secondary N) is 1. The summed E-state index contributed by atoms with van der Waals surface area (Å²) in [5, 5.41) is 3.23. The lowest BCUT2D eigenvalue weighted by atomic mass is 10.2. The molecule has 1 N–H and O–H groups in total. The maximum Gasteiger partial charge on any atom is 0.201 e. The molecule has 1 heterocycles. The van der Waals surface area contributed by atoms with Crippen LogP contribution in [0.4, 0.5) is 8.78 Å². The molecule has 106 valence electrons. The van der Waals surface area contributed by atoms with Gasteiger partial charge in [0.15, 0.2) is 11.6 Å². The van der Waals surface area contributed by atoms with Gasteiger partial charge in [0, 0.05) is 30.5 Å². The third-order valence-corrected chi connectivity index (χ3v) is 2.70. The summed E-state index contributed by atoms with van der Waals surface area (Å²) in [7, 11) is 0. The van der Waals surface area contributed by atoms with E-state index < -0.39 is 11.6 Å². The molecule has 0 radical (unpaired) electrons. The quantitative estimate of drug-likeness (QED) is 0.906. The van der Waals surface area contributed by atoms with E-state index in [0.29, 0.717) is 18.3 Å². The van der Waals surface area contributed by atoms with E-state index in [1.54, 1.807) is 18.5 Å². The Hall–Kier alpha value is -2.01. The summed E-state index contributed by atoms with van der Waals surface area (Å²) in [5.41, 5.74) is 0.782. The van der Waals surface area contributed by atoms with Crippen LogP contribution in [0.15, 0.2) is 36.7 Å². The highest BCUT2D eigenvalue weighted by atomic mass is 19.2. The van der Waals surface area contributed by atoms with Gasteiger partial charge in [-0.05, 0) is 18.2 Å². The van der Waals surface area contributed by atoms with Crippen LogP contribution in [-0.4, -0.2) is 11.0 Å². The largest absolute Gasteiger partial charge is 0.454 e. The molecule has 1 aromatic carbocycles. The van der Waals surface area contributed by atoms with Crippen LogP contribution in [-0.2, 0) is 6.54 Å². The molecule has 0 amide bonds. The number of hydrogen-bond donors (Lipinski definition) is 1. The molecule has 2 aromatic rings. The van der Waals surface area contributed by atoms with Gasteiger partial charge in [0.25, 0.3) is 0 Å². The van der Waals surface area contributed by atoms with Gasteiger partial charge in [0.1, 0.15) is 5.75 Å². The molecule has 0 saturated carbocycles. The van der Waals surface area contributed by atoms with Gasteiger partial charge in [-0.15, -0.1) is 0 Å². The average Bonchev–Trinajstić information content (AvgIpc) is 2.43. The fraction of sp³-hybridized carbons (Fsp3) is 0.267. The number of nitrogens with zero attached hydrogens (tertiary/aromatic N) is 1. The number of pyridine rings is 1. The van der Waals surface area contributed by atoms with Crippen LogP contribution in [0.1, 0.15) is 19.4 Å². The first-order valence-electron chi connectivity index (χ1n) is 6.36. The Bertz CT molecular complexity index is 588. The normalized spacial score (nSPS) is 10.8. The molecule has 0 saturated heterocycles. The second-order valence-electron chi connectivity index (χ2n) is 4.67. The number of benzene rings is 1. The van der Waals surface area contributed by atoms with Gasteiger partial charge >= 0.3 is 0 Å². The van der Waals surface area contributed by atoms with Crippen molar-refractivity contribution in [2.24, 2.45) is 0 Å². The van der Waals surface area contributed by atoms with Gasteiger partial charge in [-0.1, -0.05) is 19.9 Å². The third kappa shape index (κ3) is 3.51. The fourth-order valence-corrected chi connectivity index (χ4v) is 1.64. The summed E-state index contributed by atoms with van der Waals surface area (Å²) < 4.78 is 32.2. The van der Waals surface area contributed by atoms with Crippen molar-refractivity contribution in [3.63, 3.8) is 0 Å². The molecule has 5 heteroatoms. The van der Waals surface area contributed by atoms with E-state index in [1.807, 2.05) is 13.8 Å². The molecule has 0 aliphatic heterocycles. The molecule has 0 spiro atoms. The molecular formula is C15H16F2N2O. The molecular weight excluding hydrogens is 262 g/mol. The molecule has 20 heavy (non-hydrogen) atoms. The SMILES string of the molecule is CC(C)NCc1cnccc1Oc1cccc(F)c1F. The Morgan fingerprint density at radius 2 is 2.00 bits per heavy atom. The third-order valence-electron chi connectivity index (χ3n) is 2.70. The van der Waals surface area contributed by atoms with E-state index in [4.69, 9.17) is 4.74 Å². The first-order valence-corrected chi connectivity index (χ1v) is 6.36. The molecule has 0 unspecified atom stereocenters. The minimum atomic E-state index is -0.993. The van der Waals surface area contributed by atoms with Crippen molar-refractivity contribution in [2.45, 2.75) is 26.4 Å². The Morgan fingerprint density at radius 1 is 1.20 bits per heavy atom. The van der Waals surface area contributed by atoms with E-state index in [0.717, 1.165) is 11.6 Å². The summed E-state index contributed by atoms with van der Waals surface area (Å²) in [6.45, 7) is 4.57. The van der Waals surface area contributed by atoms with Crippen LogP contribution in [0, 0.1) is 11.6 Å². The zero-order valence-electron chi connectivity index (χ0n) is 11.4. The summed E-state index contributed by atoms with van der Waals surface area (Å²) in [4.78, 5) is 4.02. The molecule has 0 atom stereocenters. The molecule has 0 fully saturated rings. The molecule has 2 rings (SSSR count). The van der Waals surface area contributed by atoms with Crippen LogP contribution in [0.2, 0.25) is 0 Å². The summed E-state index contributed by atoms with van der Waals surface area (Å²) in [5.74, 6) is -1.61. The lowest BCUT2D eigenvalue weighted by Crippen LogP contribution is -2.22. The minimum absolute atomic E-state index is 0.137. The Labute approximate surface area is 116 Å². The van der Waals surface area contributed by atoms with Crippen molar-refractivity contribution in [2.75, 3.05) is 0 Å². The predicted octanol–water partition coefficient (Wildman–Crippen LogP) is 3.65. The Kier molecular flexibility index (Phi) is 4.63. The Morgan fingerprint density at radius 3 is 2.75 bits per heavy atom. The number of ether oxygens (including phenoxy) is 1. The van der Waals surface area contributed by atoms with Gasteiger partial charge in [0.2, 0.25) is 5.82 Å². The monoisotopic (exact) mass is 278 g/mol. The maximum atomic E-state index is 13.6. The number of aromatic nitrogens is 1. The van der Waals surface area contributed by atoms with Crippen molar-refractivity contribution in [1.29, 1.82) is 0 Å². The van der Waals surface area contributed by atoms with Gasteiger partial charge in [-0.2, -0.15) is 4.39 Å². The van der Waals surface area contributed by atoms with Crippen molar-refractivity contribution >= 4 is 0 Å². The highest BCUT2D eigenvalue weighted by molar-refractivity contribution is 5.36. The van der Waals surface area contributed by atoms with Gasteiger partial charge < -0.3 is 10.1 Å². The van der Waals surface area contributed by atoms with Gasteiger partial charge in [-0.25, -0.2) is 4.39 Å². The smallest absolute Gasteiger partial charge is 0.201 e. The molecule has 0 aliphatic rings. The van der Waals surface area contributed by atoms with Gasteiger partial charge in [0.05, 0.1) is 0 Å². The van der Waals surface area contributed by atoms with Crippen LogP contribution in [0.25, 0.3) is 0 Å². The highest BCUT2D eigenvalue weighted by Gasteiger charge is 2.12. The van der Waals surface area contributed by atoms with Gasteiger partial charge in [-0.3, -0.25) is 4.98 Å². The summed E-state index contributed by atoms with van der Waals surface area (Å²) in [6.07, 6.45) is 3.19. The zero-order chi connectivity index (χ0) is 14.5. The molecule has 0 aliphatic carbocycles. The molecule has 0 bridgehead atoms. The Balaban J connectivity index is 2.22. The van der Waals surface area contributed by atoms with Crippen molar-refractivity contribution in [3.05, 3.63) is 53.9 Å². The van der Waals surface area contributed by atoms with Crippen molar-refractivity contribution in [1.82, 2.24) is 10.3 Å². The van der Waals surface area contributed by atoms with Crippen LogP contribution < -0.4 is 10.1 Å². The average molecular weight is 278 g/mol. The maximum absolute atomic E-state index is 13.6. The van der Waals surface area contributed by atoms with Crippen LogP contribution >= 0.6 is 0 Å². The lowest BCUT2D eigenvalue weighted by Gasteiger charge is -2.13. The first-order chi connectivity index (χ1) is 9.58. The van der Waals surface area contributed by atoms with Crippen molar-refractivity contribution < 1.29 is 13.5 Å². The highest BCUT2D eigenvalue weighted by Crippen LogP contribution is 2.27. The number of hydrogen-bond acceptors (Lipinski definition) is 3. The zero-order valence-corrected chi connectivity index (χ0v) is 11.4. The van der Waals surface area contributed by atoms with E-state index in [9.17, 15) is 8.78 Å². The van der Waals surface area contributed by atoms with Crippen molar-refractivity contribution in [3.8, 4) is 11.5 Å². The van der Waals surface area contributed by atoms with E-state index in [1.165, 1.54) is 12.1 Å². The van der Waals surface area contributed by atoms with E-state index in [-0.39, 0.29) is 5.75 Å². The second kappa shape index (κ2) is 6.43. The lowest BCUT2D eigenvalue weighted by molar-refractivity contribution is 0.410. The first kappa shape index (κ1) is 14.4. The minimum Gasteiger partial charge on any atom is -0.454 e. The van der Waals surface area contributed by atoms with E-state index >= 15 is 0 Å². The molecule has 3 nitrogen and oxygen atoms in total. The predicted molar refractivity (Wildman–Crippen MR) is 72.6 cm³/mol. The summed E-state index contributed by atoms with van der Waals surface area (Å²) in [6, 6.07) is 5.77. The number of halogens is 2. The summed E-state index contributed by atoms with van der Waals surface area (Å²) >= 11 is 0. The van der Waals surface area contributed by atoms with Crippen LogP contribution in [0.3, 0.4) is 0 Å². The van der Waals surface area contributed by atoms with Crippen LogP contribution in [0.5, 0.6) is 11.5 Å². The fourth-order valence-electron chi connectivity index (χ4n) is 1.64. The van der Waals surface area contributed by atoms with E-state index in [2.05, 4.69) is 10.3 Å². The second-order valence-corrected chi connectivity index (χ2v) is 4.67. The standard InChI is InChI=1S/C15H16F2N2O/c1-10(2)19-9-11-8-18-7-6-13(11)20-14-5-3-4-12(16)15(14)17/h3-8,10,19H,9H2,1-2H3. The number of rotatable bonds is 5. The molecule has 1 aromatic heterocycles.